The summed E-state index contributed by atoms with van der Waals surface area (Å²) in [7, 11) is 2.09. The van der Waals surface area contributed by atoms with Crippen LogP contribution in [-0.2, 0) is 6.54 Å². The van der Waals surface area contributed by atoms with Crippen LogP contribution < -0.4 is 4.90 Å². The summed E-state index contributed by atoms with van der Waals surface area (Å²) < 4.78 is 0. The summed E-state index contributed by atoms with van der Waals surface area (Å²) in [5, 5.41) is 9.51. The van der Waals surface area contributed by atoms with E-state index in [2.05, 4.69) is 55.3 Å². The summed E-state index contributed by atoms with van der Waals surface area (Å²) in [4.78, 5) is 2.22. The van der Waals surface area contributed by atoms with Gasteiger partial charge in [0.25, 0.3) is 0 Å². The molecule has 100 valence electrons. The van der Waals surface area contributed by atoms with Crippen LogP contribution in [0.3, 0.4) is 0 Å². The average Bonchev–Trinajstić information content (AvgIpc) is 2.41. The number of benzene rings is 2. The molecule has 1 N–H and O–H groups in total. The van der Waals surface area contributed by atoms with E-state index in [1.807, 2.05) is 12.1 Å². The minimum atomic E-state index is -0.407. The highest BCUT2D eigenvalue weighted by Crippen LogP contribution is 2.20. The lowest BCUT2D eigenvalue weighted by molar-refractivity contribution is 0.199. The minimum absolute atomic E-state index is 0.407. The Hall–Kier alpha value is -1.80. The van der Waals surface area contributed by atoms with E-state index in [-0.39, 0.29) is 0 Å². The van der Waals surface area contributed by atoms with Gasteiger partial charge in [0.1, 0.15) is 0 Å². The van der Waals surface area contributed by atoms with E-state index in [1.165, 1.54) is 11.1 Å². The van der Waals surface area contributed by atoms with Gasteiger partial charge in [-0.05, 0) is 42.7 Å². The molecule has 2 rings (SSSR count). The molecule has 2 aromatic rings. The monoisotopic (exact) mass is 255 g/mol. The predicted molar refractivity (Wildman–Crippen MR) is 80.4 cm³/mol. The predicted octanol–water partition coefficient (Wildman–Crippen LogP) is 3.68. The second-order valence-electron chi connectivity index (χ2n) is 5.05. The average molecular weight is 255 g/mol. The standard InChI is InChI=1S/C17H21NO/c1-13-6-4-5-7-16(13)12-18(3)17-10-8-15(9-11-17)14(2)19/h4-11,14,19H,12H2,1-3H3. The van der Waals surface area contributed by atoms with Gasteiger partial charge in [-0.15, -0.1) is 0 Å². The SMILES string of the molecule is Cc1ccccc1CN(C)c1ccc(C(C)O)cc1. The molecule has 0 amide bonds. The number of anilines is 1. The zero-order chi connectivity index (χ0) is 13.8. The van der Waals surface area contributed by atoms with Crippen molar-refractivity contribution in [2.75, 3.05) is 11.9 Å². The highest BCUT2D eigenvalue weighted by Gasteiger charge is 2.05. The van der Waals surface area contributed by atoms with Gasteiger partial charge in [-0.1, -0.05) is 36.4 Å². The maximum absolute atomic E-state index is 9.51. The second-order valence-corrected chi connectivity index (χ2v) is 5.05. The highest BCUT2D eigenvalue weighted by molar-refractivity contribution is 5.48. The maximum atomic E-state index is 9.51. The lowest BCUT2D eigenvalue weighted by atomic mass is 10.1. The summed E-state index contributed by atoms with van der Waals surface area (Å²) in [6.45, 7) is 4.81. The van der Waals surface area contributed by atoms with Crippen LogP contribution in [0.5, 0.6) is 0 Å². The fourth-order valence-corrected chi connectivity index (χ4v) is 2.14. The summed E-state index contributed by atoms with van der Waals surface area (Å²) >= 11 is 0. The van der Waals surface area contributed by atoms with Crippen molar-refractivity contribution >= 4 is 5.69 Å². The smallest absolute Gasteiger partial charge is 0.0761 e. The Morgan fingerprint density at radius 2 is 1.68 bits per heavy atom. The van der Waals surface area contributed by atoms with Gasteiger partial charge < -0.3 is 10.0 Å². The summed E-state index contributed by atoms with van der Waals surface area (Å²) in [6.07, 6.45) is -0.407. The molecular weight excluding hydrogens is 234 g/mol. The van der Waals surface area contributed by atoms with Crippen LogP contribution in [0, 0.1) is 6.92 Å². The van der Waals surface area contributed by atoms with Crippen LogP contribution in [0.4, 0.5) is 5.69 Å². The molecule has 1 unspecified atom stereocenters. The third-order valence-corrected chi connectivity index (χ3v) is 3.49. The van der Waals surface area contributed by atoms with Gasteiger partial charge in [-0.2, -0.15) is 0 Å². The lowest BCUT2D eigenvalue weighted by Crippen LogP contribution is -2.17. The maximum Gasteiger partial charge on any atom is 0.0761 e. The van der Waals surface area contributed by atoms with Crippen LogP contribution in [0.15, 0.2) is 48.5 Å². The molecule has 0 bridgehead atoms. The van der Waals surface area contributed by atoms with E-state index in [0.717, 1.165) is 17.8 Å². The van der Waals surface area contributed by atoms with Gasteiger partial charge in [0, 0.05) is 19.3 Å². The van der Waals surface area contributed by atoms with Crippen molar-refractivity contribution in [3.63, 3.8) is 0 Å². The number of hydrogen-bond acceptors (Lipinski definition) is 2. The first-order valence-electron chi connectivity index (χ1n) is 6.61. The summed E-state index contributed by atoms with van der Waals surface area (Å²) in [6, 6.07) is 16.5. The molecule has 0 aliphatic heterocycles. The van der Waals surface area contributed by atoms with Crippen molar-refractivity contribution in [3.05, 3.63) is 65.2 Å². The van der Waals surface area contributed by atoms with E-state index in [4.69, 9.17) is 0 Å². The molecule has 0 radical (unpaired) electrons. The molecule has 1 atom stereocenters. The molecule has 19 heavy (non-hydrogen) atoms. The molecule has 0 aliphatic rings. The van der Waals surface area contributed by atoms with E-state index in [0.29, 0.717) is 0 Å². The summed E-state index contributed by atoms with van der Waals surface area (Å²) in [5.74, 6) is 0. The molecule has 2 nitrogen and oxygen atoms in total. The molecular formula is C17H21NO. The van der Waals surface area contributed by atoms with E-state index >= 15 is 0 Å². The van der Waals surface area contributed by atoms with Crippen molar-refractivity contribution in [2.24, 2.45) is 0 Å². The normalized spacial score (nSPS) is 12.2. The lowest BCUT2D eigenvalue weighted by Gasteiger charge is -2.21. The molecule has 0 saturated heterocycles. The van der Waals surface area contributed by atoms with Crippen LogP contribution in [0.1, 0.15) is 29.7 Å². The molecule has 0 aromatic heterocycles. The van der Waals surface area contributed by atoms with Crippen molar-refractivity contribution in [3.8, 4) is 0 Å². The largest absolute Gasteiger partial charge is 0.389 e. The Kier molecular flexibility index (Phi) is 4.23. The Labute approximate surface area is 115 Å². The zero-order valence-electron chi connectivity index (χ0n) is 11.8. The topological polar surface area (TPSA) is 23.5 Å². The molecule has 0 fully saturated rings. The zero-order valence-corrected chi connectivity index (χ0v) is 11.8. The van der Waals surface area contributed by atoms with Gasteiger partial charge in [0.15, 0.2) is 0 Å². The molecule has 2 aromatic carbocycles. The number of aliphatic hydroxyl groups is 1. The quantitative estimate of drug-likeness (QED) is 0.900. The van der Waals surface area contributed by atoms with Gasteiger partial charge in [0.05, 0.1) is 6.10 Å². The van der Waals surface area contributed by atoms with Crippen LogP contribution in [-0.4, -0.2) is 12.2 Å². The van der Waals surface area contributed by atoms with Crippen LogP contribution in [0.25, 0.3) is 0 Å². The van der Waals surface area contributed by atoms with Crippen molar-refractivity contribution < 1.29 is 5.11 Å². The number of hydrogen-bond donors (Lipinski definition) is 1. The first-order chi connectivity index (χ1) is 9.08. The first-order valence-corrected chi connectivity index (χ1v) is 6.61. The summed E-state index contributed by atoms with van der Waals surface area (Å²) in [5.41, 5.74) is 4.76. The van der Waals surface area contributed by atoms with Crippen molar-refractivity contribution in [1.82, 2.24) is 0 Å². The minimum Gasteiger partial charge on any atom is -0.389 e. The Balaban J connectivity index is 2.12. The van der Waals surface area contributed by atoms with Crippen molar-refractivity contribution in [2.45, 2.75) is 26.5 Å². The number of nitrogens with zero attached hydrogens (tertiary/aromatic N) is 1. The molecule has 0 spiro atoms. The fourth-order valence-electron chi connectivity index (χ4n) is 2.14. The Morgan fingerprint density at radius 1 is 1.05 bits per heavy atom. The number of aliphatic hydroxyl groups excluding tert-OH is 1. The Morgan fingerprint density at radius 3 is 2.26 bits per heavy atom. The van der Waals surface area contributed by atoms with Crippen LogP contribution in [0.2, 0.25) is 0 Å². The third-order valence-electron chi connectivity index (χ3n) is 3.49. The highest BCUT2D eigenvalue weighted by atomic mass is 16.3. The van der Waals surface area contributed by atoms with Crippen LogP contribution >= 0.6 is 0 Å². The Bertz CT molecular complexity index is 531. The van der Waals surface area contributed by atoms with E-state index in [1.54, 1.807) is 6.92 Å². The van der Waals surface area contributed by atoms with Gasteiger partial charge in [-0.3, -0.25) is 0 Å². The van der Waals surface area contributed by atoms with E-state index in [9.17, 15) is 5.11 Å². The number of aryl methyl sites for hydroxylation is 1. The van der Waals surface area contributed by atoms with Gasteiger partial charge >= 0.3 is 0 Å². The first kappa shape index (κ1) is 13.6. The number of rotatable bonds is 4. The van der Waals surface area contributed by atoms with Gasteiger partial charge in [0.2, 0.25) is 0 Å². The molecule has 2 heteroatoms. The third kappa shape index (κ3) is 3.36. The van der Waals surface area contributed by atoms with E-state index < -0.39 is 6.10 Å². The molecule has 0 saturated carbocycles. The van der Waals surface area contributed by atoms with Gasteiger partial charge in [-0.25, -0.2) is 0 Å². The van der Waals surface area contributed by atoms with Crippen molar-refractivity contribution in [1.29, 1.82) is 0 Å². The molecule has 0 heterocycles. The fraction of sp³-hybridized carbons (Fsp3) is 0.294. The second kappa shape index (κ2) is 5.89. The molecule has 0 aliphatic carbocycles.